The summed E-state index contributed by atoms with van der Waals surface area (Å²) in [5.74, 6) is -1.49. The number of aromatic nitrogens is 3. The van der Waals surface area contributed by atoms with Crippen LogP contribution in [0.3, 0.4) is 0 Å². The lowest BCUT2D eigenvalue weighted by Gasteiger charge is -2.26. The highest BCUT2D eigenvalue weighted by molar-refractivity contribution is 5.96. The molecule has 9 heteroatoms. The van der Waals surface area contributed by atoms with E-state index in [1.807, 2.05) is 13.8 Å². The molecule has 2 aromatic carbocycles. The van der Waals surface area contributed by atoms with E-state index in [0.717, 1.165) is 17.7 Å². The number of nitrogens with zero attached hydrogens (tertiary/aromatic N) is 3. The largest absolute Gasteiger partial charge is 0.368 e. The molecule has 5 N–H and O–H groups in total. The van der Waals surface area contributed by atoms with Crippen molar-refractivity contribution >= 4 is 22.6 Å². The van der Waals surface area contributed by atoms with E-state index in [2.05, 4.69) is 19.9 Å². The quantitative estimate of drug-likeness (QED) is 0.426. The van der Waals surface area contributed by atoms with Gasteiger partial charge in [-0.05, 0) is 49.6 Å². The first-order valence-corrected chi connectivity index (χ1v) is 10.9. The molecule has 1 unspecified atom stereocenters. The molecule has 1 aliphatic heterocycles. The van der Waals surface area contributed by atoms with Gasteiger partial charge in [-0.1, -0.05) is 12.1 Å². The van der Waals surface area contributed by atoms with Gasteiger partial charge in [-0.25, -0.2) is 13.8 Å². The first kappa shape index (κ1) is 22.0. The molecule has 1 aliphatic rings. The molecule has 0 radical (unpaired) electrons. The van der Waals surface area contributed by atoms with Crippen LogP contribution in [0.5, 0.6) is 0 Å². The number of imidazole rings is 1. The molecule has 4 aromatic rings. The number of nitrogens with two attached hydrogens (primary N) is 2. The third-order valence-corrected chi connectivity index (χ3v) is 6.33. The zero-order chi connectivity index (χ0) is 24.2. The van der Waals surface area contributed by atoms with E-state index < -0.39 is 23.1 Å². The summed E-state index contributed by atoms with van der Waals surface area (Å²) in [6, 6.07) is 7.29. The molecule has 0 aliphatic carbocycles. The SMILES string of the molecule is Cc1ccc(F)c2[nH]c(-c3cncc(-c4ccc(F)c(C(N)=O)c4)c3N3CCC(C)(N)C3)nc12. The molecule has 34 heavy (non-hydrogen) atoms. The van der Waals surface area contributed by atoms with Gasteiger partial charge in [-0.2, -0.15) is 0 Å². The van der Waals surface area contributed by atoms with Gasteiger partial charge in [0.15, 0.2) is 0 Å². The number of aryl methyl sites for hydroxylation is 1. The topological polar surface area (TPSA) is 114 Å². The van der Waals surface area contributed by atoms with Crippen molar-refractivity contribution in [3.8, 4) is 22.5 Å². The number of H-pyrrole nitrogens is 1. The molecular weight excluding hydrogens is 438 g/mol. The molecule has 3 heterocycles. The molecule has 7 nitrogen and oxygen atoms in total. The Labute approximate surface area is 194 Å². The Morgan fingerprint density at radius 2 is 1.88 bits per heavy atom. The maximum Gasteiger partial charge on any atom is 0.251 e. The van der Waals surface area contributed by atoms with Crippen LogP contribution in [0.15, 0.2) is 42.7 Å². The zero-order valence-corrected chi connectivity index (χ0v) is 18.8. The number of carbonyl (C=O) groups excluding carboxylic acids is 1. The molecule has 1 atom stereocenters. The van der Waals surface area contributed by atoms with Crippen LogP contribution in [0.1, 0.15) is 29.3 Å². The summed E-state index contributed by atoms with van der Waals surface area (Å²) in [5, 5.41) is 0. The van der Waals surface area contributed by atoms with Crippen molar-refractivity contribution < 1.29 is 13.6 Å². The maximum atomic E-state index is 14.5. The Balaban J connectivity index is 1.76. The second-order valence-electron chi connectivity index (χ2n) is 9.14. The number of anilines is 1. The number of benzene rings is 2. The van der Waals surface area contributed by atoms with Crippen LogP contribution < -0.4 is 16.4 Å². The lowest BCUT2D eigenvalue weighted by Crippen LogP contribution is -2.39. The first-order valence-electron chi connectivity index (χ1n) is 10.9. The Bertz CT molecular complexity index is 1410. The minimum Gasteiger partial charge on any atom is -0.368 e. The minimum atomic E-state index is -0.857. The third kappa shape index (κ3) is 3.67. The van der Waals surface area contributed by atoms with E-state index >= 15 is 0 Å². The van der Waals surface area contributed by atoms with Gasteiger partial charge in [0.05, 0.1) is 22.3 Å². The van der Waals surface area contributed by atoms with Gasteiger partial charge in [0.2, 0.25) is 0 Å². The Morgan fingerprint density at radius 1 is 1.15 bits per heavy atom. The summed E-state index contributed by atoms with van der Waals surface area (Å²) in [6.45, 7) is 5.09. The zero-order valence-electron chi connectivity index (χ0n) is 18.8. The number of carbonyl (C=O) groups is 1. The van der Waals surface area contributed by atoms with Gasteiger partial charge >= 0.3 is 0 Å². The normalized spacial score (nSPS) is 18.1. The first-order chi connectivity index (χ1) is 16.1. The van der Waals surface area contributed by atoms with Gasteiger partial charge in [0.25, 0.3) is 5.91 Å². The predicted octanol–water partition coefficient (Wildman–Crippen LogP) is 3.90. The van der Waals surface area contributed by atoms with Crippen LogP contribution in [0, 0.1) is 18.6 Å². The van der Waals surface area contributed by atoms with Gasteiger partial charge in [0.1, 0.15) is 23.0 Å². The van der Waals surface area contributed by atoms with E-state index in [9.17, 15) is 13.6 Å². The molecule has 0 saturated carbocycles. The van der Waals surface area contributed by atoms with Gasteiger partial charge in [-0.15, -0.1) is 0 Å². The summed E-state index contributed by atoms with van der Waals surface area (Å²) < 4.78 is 28.7. The molecule has 2 aromatic heterocycles. The number of aromatic amines is 1. The van der Waals surface area contributed by atoms with E-state index in [4.69, 9.17) is 11.5 Å². The van der Waals surface area contributed by atoms with Crippen molar-refractivity contribution in [3.05, 3.63) is 65.5 Å². The smallest absolute Gasteiger partial charge is 0.251 e. The monoisotopic (exact) mass is 462 g/mol. The third-order valence-electron chi connectivity index (χ3n) is 6.33. The van der Waals surface area contributed by atoms with Crippen molar-refractivity contribution in [1.82, 2.24) is 15.0 Å². The fourth-order valence-electron chi connectivity index (χ4n) is 4.56. The Morgan fingerprint density at radius 3 is 2.56 bits per heavy atom. The van der Waals surface area contributed by atoms with Crippen LogP contribution in [0.2, 0.25) is 0 Å². The van der Waals surface area contributed by atoms with E-state index in [1.165, 1.54) is 18.2 Å². The molecule has 1 saturated heterocycles. The number of rotatable bonds is 4. The van der Waals surface area contributed by atoms with E-state index in [1.54, 1.807) is 24.5 Å². The molecule has 174 valence electrons. The number of halogens is 2. The van der Waals surface area contributed by atoms with Crippen molar-refractivity contribution in [3.63, 3.8) is 0 Å². The number of hydrogen-bond acceptors (Lipinski definition) is 5. The highest BCUT2D eigenvalue weighted by Gasteiger charge is 2.33. The number of amides is 1. The number of hydrogen-bond donors (Lipinski definition) is 3. The average molecular weight is 463 g/mol. The highest BCUT2D eigenvalue weighted by atomic mass is 19.1. The predicted molar refractivity (Wildman–Crippen MR) is 127 cm³/mol. The van der Waals surface area contributed by atoms with Crippen molar-refractivity contribution in [2.75, 3.05) is 18.0 Å². The number of nitrogens with one attached hydrogen (secondary N) is 1. The van der Waals surface area contributed by atoms with Gasteiger partial charge in [0, 0.05) is 36.6 Å². The second-order valence-corrected chi connectivity index (χ2v) is 9.14. The van der Waals surface area contributed by atoms with Gasteiger partial charge < -0.3 is 21.4 Å². The summed E-state index contributed by atoms with van der Waals surface area (Å²) in [5.41, 5.74) is 15.5. The van der Waals surface area contributed by atoms with Crippen LogP contribution in [0.25, 0.3) is 33.5 Å². The summed E-state index contributed by atoms with van der Waals surface area (Å²) >= 11 is 0. The Kier molecular flexibility index (Phi) is 5.09. The lowest BCUT2D eigenvalue weighted by molar-refractivity contribution is 0.0996. The molecule has 1 amide bonds. The second kappa shape index (κ2) is 7.88. The molecule has 0 bridgehead atoms. The van der Waals surface area contributed by atoms with Crippen LogP contribution in [-0.2, 0) is 0 Å². The fourth-order valence-corrected chi connectivity index (χ4v) is 4.56. The Hall–Kier alpha value is -3.85. The molecule has 5 rings (SSSR count). The van der Waals surface area contributed by atoms with Crippen LogP contribution in [0.4, 0.5) is 14.5 Å². The van der Waals surface area contributed by atoms with Gasteiger partial charge in [-0.3, -0.25) is 9.78 Å². The number of pyridine rings is 1. The minimum absolute atomic E-state index is 0.208. The number of fused-ring (bicyclic) bond motifs is 1. The average Bonchev–Trinajstić information content (AvgIpc) is 3.40. The molecule has 0 spiro atoms. The maximum absolute atomic E-state index is 14.5. The van der Waals surface area contributed by atoms with E-state index in [0.29, 0.717) is 46.6 Å². The number of primary amides is 1. The summed E-state index contributed by atoms with van der Waals surface area (Å²) in [6.07, 6.45) is 4.07. The van der Waals surface area contributed by atoms with Crippen LogP contribution in [-0.4, -0.2) is 39.5 Å². The van der Waals surface area contributed by atoms with Crippen LogP contribution >= 0.6 is 0 Å². The van der Waals surface area contributed by atoms with Crippen molar-refractivity contribution in [1.29, 1.82) is 0 Å². The van der Waals surface area contributed by atoms with E-state index in [-0.39, 0.29) is 5.56 Å². The highest BCUT2D eigenvalue weighted by Crippen LogP contribution is 2.41. The molecular formula is C25H24F2N6O. The summed E-state index contributed by atoms with van der Waals surface area (Å²) in [4.78, 5) is 26.1. The van der Waals surface area contributed by atoms with Crippen molar-refractivity contribution in [2.24, 2.45) is 11.5 Å². The standard InChI is InChI=1S/C25H24F2N6O/c1-13-3-5-19(27)21-20(13)31-24(32-21)17-11-30-10-16(22(17)33-8-7-25(2,29)12-33)14-4-6-18(26)15(9-14)23(28)34/h3-6,9-11H,7-8,12,29H2,1-2H3,(H2,28,34)(H,31,32). The fraction of sp³-hybridized carbons (Fsp3) is 0.240. The van der Waals surface area contributed by atoms with Crippen molar-refractivity contribution in [2.45, 2.75) is 25.8 Å². The molecule has 1 fully saturated rings. The lowest BCUT2D eigenvalue weighted by atomic mass is 9.99. The summed E-state index contributed by atoms with van der Waals surface area (Å²) in [7, 11) is 0.